The van der Waals surface area contributed by atoms with Crippen LogP contribution in [0.5, 0.6) is 0 Å². The summed E-state index contributed by atoms with van der Waals surface area (Å²) in [6.07, 6.45) is 4.70. The third-order valence-electron chi connectivity index (χ3n) is 3.72. The van der Waals surface area contributed by atoms with Crippen LogP contribution < -0.4 is 5.73 Å². The molecule has 0 radical (unpaired) electrons. The second kappa shape index (κ2) is 5.17. The van der Waals surface area contributed by atoms with Crippen LogP contribution in [0.15, 0.2) is 0 Å². The maximum atomic E-state index is 5.84. The molecule has 1 aliphatic rings. The fourth-order valence-electron chi connectivity index (χ4n) is 2.88. The monoisotopic (exact) mass is 236 g/mol. The number of hydrogen-bond donors (Lipinski definition) is 1. The second-order valence-electron chi connectivity index (χ2n) is 5.64. The molecule has 0 aliphatic heterocycles. The van der Waals surface area contributed by atoms with E-state index in [-0.39, 0.29) is 0 Å². The van der Waals surface area contributed by atoms with Gasteiger partial charge in [-0.1, -0.05) is 20.3 Å². The number of hydrogen-bond acceptors (Lipinski definition) is 3. The van der Waals surface area contributed by atoms with Crippen molar-refractivity contribution in [2.75, 3.05) is 6.54 Å². The maximum absolute atomic E-state index is 5.84. The number of rotatable bonds is 4. The Labute approximate surface area is 104 Å². The van der Waals surface area contributed by atoms with E-state index in [0.29, 0.717) is 17.8 Å². The van der Waals surface area contributed by atoms with Crippen LogP contribution in [0.3, 0.4) is 0 Å². The fraction of sp³-hybridized carbons (Fsp3) is 0.846. The summed E-state index contributed by atoms with van der Waals surface area (Å²) < 4.78 is 1.97. The summed E-state index contributed by atoms with van der Waals surface area (Å²) in [5.41, 5.74) is 5.84. The third kappa shape index (κ3) is 2.68. The van der Waals surface area contributed by atoms with Gasteiger partial charge in [0.25, 0.3) is 0 Å². The third-order valence-corrected chi connectivity index (χ3v) is 3.72. The lowest BCUT2D eigenvalue weighted by atomic mass is 9.95. The maximum Gasteiger partial charge on any atom is 0.151 e. The van der Waals surface area contributed by atoms with Gasteiger partial charge in [-0.3, -0.25) is 4.68 Å². The molecule has 96 valence electrons. The van der Waals surface area contributed by atoms with Crippen molar-refractivity contribution in [3.05, 3.63) is 11.6 Å². The van der Waals surface area contributed by atoms with Crippen molar-refractivity contribution in [2.45, 2.75) is 45.4 Å². The average Bonchev–Trinajstić information content (AvgIpc) is 2.83. The van der Waals surface area contributed by atoms with Crippen molar-refractivity contribution in [3.63, 3.8) is 0 Å². The van der Waals surface area contributed by atoms with Crippen LogP contribution in [0, 0.1) is 11.8 Å². The molecule has 4 heteroatoms. The highest BCUT2D eigenvalue weighted by atomic mass is 15.3. The van der Waals surface area contributed by atoms with Crippen LogP contribution in [0.25, 0.3) is 0 Å². The topological polar surface area (TPSA) is 56.7 Å². The minimum Gasteiger partial charge on any atom is -0.330 e. The molecule has 1 saturated carbocycles. The van der Waals surface area contributed by atoms with E-state index in [1.54, 1.807) is 0 Å². The van der Waals surface area contributed by atoms with Crippen LogP contribution in [-0.2, 0) is 13.5 Å². The lowest BCUT2D eigenvalue weighted by Gasteiger charge is -2.16. The van der Waals surface area contributed by atoms with Gasteiger partial charge in [0.1, 0.15) is 5.82 Å². The Bertz CT molecular complexity index is 369. The first kappa shape index (κ1) is 12.6. The highest BCUT2D eigenvalue weighted by Gasteiger charge is 2.31. The largest absolute Gasteiger partial charge is 0.330 e. The van der Waals surface area contributed by atoms with E-state index < -0.39 is 0 Å². The van der Waals surface area contributed by atoms with Gasteiger partial charge in [0.15, 0.2) is 5.82 Å². The van der Waals surface area contributed by atoms with Crippen molar-refractivity contribution >= 4 is 0 Å². The molecule has 0 aromatic carbocycles. The smallest absolute Gasteiger partial charge is 0.151 e. The van der Waals surface area contributed by atoms with Crippen LogP contribution in [0.2, 0.25) is 0 Å². The Morgan fingerprint density at radius 1 is 1.41 bits per heavy atom. The van der Waals surface area contributed by atoms with Crippen LogP contribution in [0.4, 0.5) is 0 Å². The quantitative estimate of drug-likeness (QED) is 0.868. The predicted molar refractivity (Wildman–Crippen MR) is 68.7 cm³/mol. The molecule has 0 spiro atoms. The normalized spacial score (nSPS) is 24.8. The fourth-order valence-corrected chi connectivity index (χ4v) is 2.88. The SMILES string of the molecule is CC(C)Cc1nc(C2CCCC2CN)n(C)n1. The number of nitrogens with zero attached hydrogens (tertiary/aromatic N) is 3. The van der Waals surface area contributed by atoms with Gasteiger partial charge in [-0.2, -0.15) is 5.10 Å². The summed E-state index contributed by atoms with van der Waals surface area (Å²) in [4.78, 5) is 4.73. The van der Waals surface area contributed by atoms with Gasteiger partial charge in [-0.15, -0.1) is 0 Å². The van der Waals surface area contributed by atoms with E-state index >= 15 is 0 Å². The lowest BCUT2D eigenvalue weighted by Crippen LogP contribution is -2.19. The molecule has 0 bridgehead atoms. The first-order valence-electron chi connectivity index (χ1n) is 6.71. The van der Waals surface area contributed by atoms with Crippen LogP contribution >= 0.6 is 0 Å². The highest BCUT2D eigenvalue weighted by molar-refractivity contribution is 5.05. The highest BCUT2D eigenvalue weighted by Crippen LogP contribution is 2.37. The Hall–Kier alpha value is -0.900. The average molecular weight is 236 g/mol. The van der Waals surface area contributed by atoms with Crippen molar-refractivity contribution in [3.8, 4) is 0 Å². The zero-order valence-corrected chi connectivity index (χ0v) is 11.2. The predicted octanol–water partition coefficient (Wildman–Crippen LogP) is 1.86. The zero-order valence-electron chi connectivity index (χ0n) is 11.2. The molecule has 2 N–H and O–H groups in total. The molecule has 2 unspecified atom stereocenters. The molecule has 2 rings (SSSR count). The first-order valence-corrected chi connectivity index (χ1v) is 6.71. The van der Waals surface area contributed by atoms with Crippen molar-refractivity contribution in [1.82, 2.24) is 14.8 Å². The summed E-state index contributed by atoms with van der Waals surface area (Å²) >= 11 is 0. The summed E-state index contributed by atoms with van der Waals surface area (Å²) in [6, 6.07) is 0. The Kier molecular flexibility index (Phi) is 3.82. The molecular weight excluding hydrogens is 212 g/mol. The first-order chi connectivity index (χ1) is 8.11. The second-order valence-corrected chi connectivity index (χ2v) is 5.64. The standard InChI is InChI=1S/C13H24N4/c1-9(2)7-12-15-13(17(3)16-12)11-6-4-5-10(11)8-14/h9-11H,4-8,14H2,1-3H3. The van der Waals surface area contributed by atoms with Gasteiger partial charge in [-0.25, -0.2) is 4.98 Å². The van der Waals surface area contributed by atoms with E-state index in [1.165, 1.54) is 19.3 Å². The van der Waals surface area contributed by atoms with Crippen molar-refractivity contribution in [1.29, 1.82) is 0 Å². The van der Waals surface area contributed by atoms with Crippen LogP contribution in [0.1, 0.15) is 50.7 Å². The Morgan fingerprint density at radius 3 is 2.82 bits per heavy atom. The molecule has 0 saturated heterocycles. The number of aryl methyl sites for hydroxylation is 1. The van der Waals surface area contributed by atoms with Crippen molar-refractivity contribution in [2.24, 2.45) is 24.6 Å². The van der Waals surface area contributed by atoms with E-state index in [4.69, 9.17) is 10.7 Å². The van der Waals surface area contributed by atoms with E-state index in [2.05, 4.69) is 18.9 Å². The molecule has 4 nitrogen and oxygen atoms in total. The summed E-state index contributed by atoms with van der Waals surface area (Å²) in [6.45, 7) is 5.18. The summed E-state index contributed by atoms with van der Waals surface area (Å²) in [7, 11) is 2.01. The molecule has 2 atom stereocenters. The molecule has 0 amide bonds. The molecule has 1 aromatic heterocycles. The van der Waals surface area contributed by atoms with Gasteiger partial charge in [0.2, 0.25) is 0 Å². The van der Waals surface area contributed by atoms with Gasteiger partial charge in [0.05, 0.1) is 0 Å². The number of aromatic nitrogens is 3. The van der Waals surface area contributed by atoms with E-state index in [1.807, 2.05) is 11.7 Å². The Morgan fingerprint density at radius 2 is 2.18 bits per heavy atom. The molecular formula is C13H24N4. The molecule has 1 fully saturated rings. The molecule has 1 heterocycles. The minimum absolute atomic E-state index is 0.526. The van der Waals surface area contributed by atoms with Crippen molar-refractivity contribution < 1.29 is 0 Å². The molecule has 17 heavy (non-hydrogen) atoms. The van der Waals surface area contributed by atoms with Gasteiger partial charge >= 0.3 is 0 Å². The van der Waals surface area contributed by atoms with Gasteiger partial charge in [-0.05, 0) is 31.2 Å². The minimum atomic E-state index is 0.526. The number of nitrogens with two attached hydrogens (primary N) is 1. The molecule has 1 aromatic rings. The van der Waals surface area contributed by atoms with E-state index in [9.17, 15) is 0 Å². The van der Waals surface area contributed by atoms with Crippen LogP contribution in [-0.4, -0.2) is 21.3 Å². The Balaban J connectivity index is 2.17. The van der Waals surface area contributed by atoms with E-state index in [0.717, 1.165) is 24.6 Å². The lowest BCUT2D eigenvalue weighted by molar-refractivity contribution is 0.460. The summed E-state index contributed by atoms with van der Waals surface area (Å²) in [5.74, 6) is 3.87. The van der Waals surface area contributed by atoms with Gasteiger partial charge < -0.3 is 5.73 Å². The molecule has 1 aliphatic carbocycles. The summed E-state index contributed by atoms with van der Waals surface area (Å²) in [5, 5.41) is 4.53. The van der Waals surface area contributed by atoms with Gasteiger partial charge in [0, 0.05) is 19.4 Å². The zero-order chi connectivity index (χ0) is 12.4.